The zero-order valence-electron chi connectivity index (χ0n) is 11.6. The van der Waals surface area contributed by atoms with Gasteiger partial charge in [0.2, 0.25) is 0 Å². The van der Waals surface area contributed by atoms with E-state index >= 15 is 0 Å². The summed E-state index contributed by atoms with van der Waals surface area (Å²) in [7, 11) is 1.35. The Kier molecular flexibility index (Phi) is 4.77. The Morgan fingerprint density at radius 2 is 1.95 bits per heavy atom. The number of amides is 1. The van der Waals surface area contributed by atoms with Crippen molar-refractivity contribution in [3.63, 3.8) is 0 Å². The summed E-state index contributed by atoms with van der Waals surface area (Å²) in [5.41, 5.74) is 1.35. The molecule has 2 aromatic rings. The van der Waals surface area contributed by atoms with E-state index in [9.17, 15) is 14.3 Å². The summed E-state index contributed by atoms with van der Waals surface area (Å²) in [6.45, 7) is 0.448. The van der Waals surface area contributed by atoms with Gasteiger partial charge >= 0.3 is 0 Å². The highest BCUT2D eigenvalue weighted by Gasteiger charge is 2.09. The monoisotopic (exact) mass is 289 g/mol. The predicted molar refractivity (Wildman–Crippen MR) is 77.1 cm³/mol. The number of phenolic OH excluding ortho intramolecular Hbond substituents is 1. The summed E-state index contributed by atoms with van der Waals surface area (Å²) in [5, 5.41) is 11.9. The van der Waals surface area contributed by atoms with E-state index in [1.54, 1.807) is 24.3 Å². The Hall–Kier alpha value is -2.56. The Labute approximate surface area is 122 Å². The molecule has 0 aromatic heterocycles. The molecular formula is C16H16FNO3. The van der Waals surface area contributed by atoms with Gasteiger partial charge in [0.05, 0.1) is 7.11 Å². The van der Waals surface area contributed by atoms with Crippen molar-refractivity contribution in [3.05, 3.63) is 59.4 Å². The van der Waals surface area contributed by atoms with Crippen LogP contribution in [-0.4, -0.2) is 24.7 Å². The first-order chi connectivity index (χ1) is 10.1. The predicted octanol–water partition coefficient (Wildman–Crippen LogP) is 2.51. The van der Waals surface area contributed by atoms with Gasteiger partial charge < -0.3 is 15.2 Å². The van der Waals surface area contributed by atoms with Gasteiger partial charge in [-0.3, -0.25) is 4.79 Å². The molecule has 0 spiro atoms. The van der Waals surface area contributed by atoms with Crippen LogP contribution in [0.5, 0.6) is 11.5 Å². The van der Waals surface area contributed by atoms with Gasteiger partial charge in [-0.15, -0.1) is 0 Å². The summed E-state index contributed by atoms with van der Waals surface area (Å²) >= 11 is 0. The van der Waals surface area contributed by atoms with Crippen molar-refractivity contribution in [2.24, 2.45) is 0 Å². The second kappa shape index (κ2) is 6.74. The van der Waals surface area contributed by atoms with E-state index in [2.05, 4.69) is 5.32 Å². The van der Waals surface area contributed by atoms with Crippen LogP contribution in [0.2, 0.25) is 0 Å². The smallest absolute Gasteiger partial charge is 0.251 e. The molecule has 4 nitrogen and oxygen atoms in total. The molecule has 0 aliphatic carbocycles. The van der Waals surface area contributed by atoms with Crippen LogP contribution in [0.15, 0.2) is 42.5 Å². The molecule has 0 unspecified atom stereocenters. The second-order valence-electron chi connectivity index (χ2n) is 4.52. The van der Waals surface area contributed by atoms with Gasteiger partial charge in [-0.1, -0.05) is 12.1 Å². The van der Waals surface area contributed by atoms with Crippen LogP contribution in [0.1, 0.15) is 15.9 Å². The van der Waals surface area contributed by atoms with Crippen molar-refractivity contribution in [2.75, 3.05) is 13.7 Å². The van der Waals surface area contributed by atoms with E-state index in [0.717, 1.165) is 5.56 Å². The molecule has 0 aliphatic rings. The van der Waals surface area contributed by atoms with Crippen LogP contribution in [0, 0.1) is 5.82 Å². The van der Waals surface area contributed by atoms with Gasteiger partial charge in [0.15, 0.2) is 11.6 Å². The molecule has 2 rings (SSSR count). The van der Waals surface area contributed by atoms with Gasteiger partial charge in [-0.25, -0.2) is 4.39 Å². The number of benzene rings is 2. The summed E-state index contributed by atoms with van der Waals surface area (Å²) in [6, 6.07) is 10.8. The van der Waals surface area contributed by atoms with E-state index in [4.69, 9.17) is 4.74 Å². The Morgan fingerprint density at radius 1 is 1.24 bits per heavy atom. The molecule has 0 atom stereocenters. The van der Waals surface area contributed by atoms with Gasteiger partial charge in [0.1, 0.15) is 5.75 Å². The van der Waals surface area contributed by atoms with Crippen LogP contribution in [-0.2, 0) is 6.42 Å². The third-order valence-corrected chi connectivity index (χ3v) is 3.05. The normalized spacial score (nSPS) is 10.2. The maximum atomic E-state index is 13.3. The van der Waals surface area contributed by atoms with Crippen molar-refractivity contribution in [3.8, 4) is 11.5 Å². The first-order valence-electron chi connectivity index (χ1n) is 6.50. The molecule has 0 bridgehead atoms. The van der Waals surface area contributed by atoms with E-state index < -0.39 is 5.82 Å². The number of carbonyl (C=O) groups is 1. The fraction of sp³-hybridized carbons (Fsp3) is 0.188. The zero-order chi connectivity index (χ0) is 15.2. The van der Waals surface area contributed by atoms with Crippen molar-refractivity contribution in [2.45, 2.75) is 6.42 Å². The summed E-state index contributed by atoms with van der Waals surface area (Å²) in [5.74, 6) is -0.535. The molecule has 21 heavy (non-hydrogen) atoms. The molecule has 0 aliphatic heterocycles. The number of nitrogens with one attached hydrogen (secondary N) is 1. The highest BCUT2D eigenvalue weighted by molar-refractivity contribution is 5.94. The van der Waals surface area contributed by atoms with E-state index in [1.165, 1.54) is 25.3 Å². The lowest BCUT2D eigenvalue weighted by Crippen LogP contribution is -2.25. The fourth-order valence-corrected chi connectivity index (χ4v) is 1.89. The van der Waals surface area contributed by atoms with Crippen molar-refractivity contribution in [1.29, 1.82) is 0 Å². The maximum absolute atomic E-state index is 13.3. The minimum atomic E-state index is -0.502. The molecule has 0 heterocycles. The average Bonchev–Trinajstić information content (AvgIpc) is 2.49. The first-order valence-corrected chi connectivity index (χ1v) is 6.50. The lowest BCUT2D eigenvalue weighted by atomic mass is 10.1. The summed E-state index contributed by atoms with van der Waals surface area (Å²) in [6.07, 6.45) is 0.643. The highest BCUT2D eigenvalue weighted by Crippen LogP contribution is 2.18. The zero-order valence-corrected chi connectivity index (χ0v) is 11.6. The number of phenols is 1. The largest absolute Gasteiger partial charge is 0.508 e. The number of rotatable bonds is 5. The molecule has 0 fully saturated rings. The van der Waals surface area contributed by atoms with Crippen molar-refractivity contribution in [1.82, 2.24) is 5.32 Å². The third kappa shape index (κ3) is 3.95. The van der Waals surface area contributed by atoms with Crippen LogP contribution in [0.25, 0.3) is 0 Å². The van der Waals surface area contributed by atoms with Crippen LogP contribution in [0.3, 0.4) is 0 Å². The topological polar surface area (TPSA) is 58.6 Å². The average molecular weight is 289 g/mol. The lowest BCUT2D eigenvalue weighted by molar-refractivity contribution is 0.0953. The van der Waals surface area contributed by atoms with Gasteiger partial charge in [-0.2, -0.15) is 0 Å². The number of carbonyl (C=O) groups excluding carboxylic acids is 1. The molecule has 2 aromatic carbocycles. The number of aromatic hydroxyl groups is 1. The van der Waals surface area contributed by atoms with Gasteiger partial charge in [0, 0.05) is 12.1 Å². The SMILES string of the molecule is COc1cc(C(=O)NCCc2ccc(O)cc2)ccc1F. The van der Waals surface area contributed by atoms with Crippen LogP contribution in [0.4, 0.5) is 4.39 Å². The second-order valence-corrected chi connectivity index (χ2v) is 4.52. The van der Waals surface area contributed by atoms with E-state index in [-0.39, 0.29) is 17.4 Å². The Bertz CT molecular complexity index is 626. The quantitative estimate of drug-likeness (QED) is 0.889. The summed E-state index contributed by atoms with van der Waals surface area (Å²) < 4.78 is 18.1. The van der Waals surface area contributed by atoms with E-state index in [0.29, 0.717) is 18.5 Å². The Morgan fingerprint density at radius 3 is 2.62 bits per heavy atom. The van der Waals surface area contributed by atoms with Crippen molar-refractivity contribution < 1.29 is 19.0 Å². The number of methoxy groups -OCH3 is 1. The third-order valence-electron chi connectivity index (χ3n) is 3.05. The maximum Gasteiger partial charge on any atom is 0.251 e. The number of hydrogen-bond donors (Lipinski definition) is 2. The molecule has 2 N–H and O–H groups in total. The number of halogens is 1. The molecule has 0 radical (unpaired) electrons. The van der Waals surface area contributed by atoms with Crippen LogP contribution < -0.4 is 10.1 Å². The summed E-state index contributed by atoms with van der Waals surface area (Å²) in [4.78, 5) is 11.9. The first kappa shape index (κ1) is 14.8. The number of hydrogen-bond acceptors (Lipinski definition) is 3. The molecule has 110 valence electrons. The van der Waals surface area contributed by atoms with Gasteiger partial charge in [-0.05, 0) is 42.3 Å². The minimum absolute atomic E-state index is 0.0428. The Balaban J connectivity index is 1.91. The minimum Gasteiger partial charge on any atom is -0.508 e. The standard InChI is InChI=1S/C16H16FNO3/c1-21-15-10-12(4-7-14(15)17)16(20)18-9-8-11-2-5-13(19)6-3-11/h2-7,10,19H,8-9H2,1H3,(H,18,20). The molecular weight excluding hydrogens is 273 g/mol. The molecule has 0 saturated heterocycles. The lowest BCUT2D eigenvalue weighted by Gasteiger charge is -2.07. The van der Waals surface area contributed by atoms with Crippen molar-refractivity contribution >= 4 is 5.91 Å². The van der Waals surface area contributed by atoms with Crippen LogP contribution >= 0.6 is 0 Å². The van der Waals surface area contributed by atoms with E-state index in [1.807, 2.05) is 0 Å². The molecule has 5 heteroatoms. The fourth-order valence-electron chi connectivity index (χ4n) is 1.89. The highest BCUT2D eigenvalue weighted by atomic mass is 19.1. The van der Waals surface area contributed by atoms with Gasteiger partial charge in [0.25, 0.3) is 5.91 Å². The molecule has 0 saturated carbocycles. The number of ether oxygens (including phenoxy) is 1. The molecule has 1 amide bonds.